The summed E-state index contributed by atoms with van der Waals surface area (Å²) in [5.41, 5.74) is 1.95. The zero-order valence-electron chi connectivity index (χ0n) is 9.12. The highest BCUT2D eigenvalue weighted by molar-refractivity contribution is 5.94. The van der Waals surface area contributed by atoms with Gasteiger partial charge in [0.05, 0.1) is 6.61 Å². The van der Waals surface area contributed by atoms with Gasteiger partial charge in [0.15, 0.2) is 0 Å². The van der Waals surface area contributed by atoms with E-state index in [2.05, 4.69) is 11.9 Å². The lowest BCUT2D eigenvalue weighted by Gasteiger charge is -2.26. The molecule has 4 heteroatoms. The summed E-state index contributed by atoms with van der Waals surface area (Å²) >= 11 is 0. The van der Waals surface area contributed by atoms with Gasteiger partial charge >= 0.3 is 0 Å². The van der Waals surface area contributed by atoms with Crippen molar-refractivity contribution < 1.29 is 9.90 Å². The quantitative estimate of drug-likeness (QED) is 0.492. The highest BCUT2D eigenvalue weighted by Crippen LogP contribution is 2.11. The molecule has 0 atom stereocenters. The van der Waals surface area contributed by atoms with Gasteiger partial charge in [-0.2, -0.15) is 0 Å². The molecule has 1 aliphatic heterocycles. The third-order valence-corrected chi connectivity index (χ3v) is 2.53. The third kappa shape index (κ3) is 2.91. The van der Waals surface area contributed by atoms with Crippen molar-refractivity contribution in [2.75, 3.05) is 32.8 Å². The zero-order valence-corrected chi connectivity index (χ0v) is 9.12. The number of nitrogens with one attached hydrogen (secondary N) is 1. The summed E-state index contributed by atoms with van der Waals surface area (Å²) in [5, 5.41) is 11.9. The summed E-state index contributed by atoms with van der Waals surface area (Å²) in [6, 6.07) is 0. The minimum atomic E-state index is -0.0134. The molecule has 1 heterocycles. The van der Waals surface area contributed by atoms with Crippen LogP contribution in [0.2, 0.25) is 0 Å². The van der Waals surface area contributed by atoms with Crippen molar-refractivity contribution in [3.8, 4) is 0 Å². The molecular weight excluding hydrogens is 192 g/mol. The van der Waals surface area contributed by atoms with Crippen LogP contribution in [0, 0.1) is 0 Å². The van der Waals surface area contributed by atoms with E-state index in [0.717, 1.165) is 24.2 Å². The van der Waals surface area contributed by atoms with Gasteiger partial charge in [-0.15, -0.1) is 6.58 Å². The monoisotopic (exact) mass is 210 g/mol. The van der Waals surface area contributed by atoms with Crippen LogP contribution in [-0.4, -0.2) is 48.7 Å². The topological polar surface area (TPSA) is 52.6 Å². The Hall–Kier alpha value is -1.13. The number of hydrogen-bond donors (Lipinski definition) is 2. The summed E-state index contributed by atoms with van der Waals surface area (Å²) in [6.45, 7) is 7.88. The van der Waals surface area contributed by atoms with Gasteiger partial charge in [0.1, 0.15) is 0 Å². The molecule has 4 nitrogen and oxygen atoms in total. The second-order valence-electron chi connectivity index (χ2n) is 3.60. The molecule has 0 aliphatic carbocycles. The van der Waals surface area contributed by atoms with Crippen molar-refractivity contribution in [1.82, 2.24) is 10.2 Å². The molecule has 0 saturated carbocycles. The van der Waals surface area contributed by atoms with E-state index >= 15 is 0 Å². The Morgan fingerprint density at radius 1 is 1.67 bits per heavy atom. The van der Waals surface area contributed by atoms with Crippen molar-refractivity contribution in [1.29, 1.82) is 0 Å². The minimum absolute atomic E-state index is 0.000417. The molecular formula is C11H18N2O2. The second-order valence-corrected chi connectivity index (χ2v) is 3.60. The Bertz CT molecular complexity index is 278. The van der Waals surface area contributed by atoms with E-state index < -0.39 is 0 Å². The van der Waals surface area contributed by atoms with Crippen LogP contribution in [-0.2, 0) is 4.79 Å². The minimum Gasteiger partial charge on any atom is -0.395 e. The molecule has 84 valence electrons. The fourth-order valence-corrected chi connectivity index (χ4v) is 1.46. The van der Waals surface area contributed by atoms with Crippen LogP contribution < -0.4 is 5.32 Å². The Labute approximate surface area is 90.3 Å². The number of aliphatic hydroxyl groups excluding tert-OH is 1. The van der Waals surface area contributed by atoms with Crippen molar-refractivity contribution in [3.05, 3.63) is 23.8 Å². The summed E-state index contributed by atoms with van der Waals surface area (Å²) in [4.78, 5) is 13.5. The van der Waals surface area contributed by atoms with Crippen LogP contribution in [0.5, 0.6) is 0 Å². The molecule has 0 radical (unpaired) electrons. The highest BCUT2D eigenvalue weighted by atomic mass is 16.3. The maximum atomic E-state index is 11.9. The Morgan fingerprint density at radius 3 is 2.73 bits per heavy atom. The predicted octanol–water partition coefficient (Wildman–Crippen LogP) is -0.0870. The van der Waals surface area contributed by atoms with Gasteiger partial charge in [0, 0.05) is 31.8 Å². The molecule has 0 aromatic rings. The lowest BCUT2D eigenvalue weighted by molar-refractivity contribution is -0.127. The van der Waals surface area contributed by atoms with Gasteiger partial charge in [-0.1, -0.05) is 6.08 Å². The highest BCUT2D eigenvalue weighted by Gasteiger charge is 2.19. The first-order valence-corrected chi connectivity index (χ1v) is 5.11. The number of carbonyl (C=O) groups is 1. The van der Waals surface area contributed by atoms with Crippen LogP contribution in [0.3, 0.4) is 0 Å². The van der Waals surface area contributed by atoms with Crippen molar-refractivity contribution in [3.63, 3.8) is 0 Å². The van der Waals surface area contributed by atoms with Gasteiger partial charge in [-0.05, 0) is 12.5 Å². The van der Waals surface area contributed by atoms with Gasteiger partial charge < -0.3 is 15.3 Å². The number of amides is 1. The van der Waals surface area contributed by atoms with Crippen molar-refractivity contribution in [2.24, 2.45) is 0 Å². The average Bonchev–Trinajstić information content (AvgIpc) is 2.13. The van der Waals surface area contributed by atoms with E-state index in [4.69, 9.17) is 5.11 Å². The van der Waals surface area contributed by atoms with Gasteiger partial charge in [-0.25, -0.2) is 0 Å². The van der Waals surface area contributed by atoms with Gasteiger partial charge in [-0.3, -0.25) is 4.79 Å². The van der Waals surface area contributed by atoms with Crippen LogP contribution in [0.25, 0.3) is 0 Å². The number of aliphatic hydroxyl groups is 1. The molecule has 15 heavy (non-hydrogen) atoms. The van der Waals surface area contributed by atoms with Crippen molar-refractivity contribution >= 4 is 5.91 Å². The lowest BCUT2D eigenvalue weighted by atomic mass is 10.0. The van der Waals surface area contributed by atoms with E-state index in [1.165, 1.54) is 0 Å². The molecule has 1 saturated heterocycles. The van der Waals surface area contributed by atoms with Crippen LogP contribution in [0.1, 0.15) is 6.92 Å². The first-order chi connectivity index (χ1) is 7.20. The molecule has 0 bridgehead atoms. The number of nitrogens with zero attached hydrogens (tertiary/aromatic N) is 1. The summed E-state index contributed by atoms with van der Waals surface area (Å²) < 4.78 is 0. The van der Waals surface area contributed by atoms with Crippen molar-refractivity contribution in [2.45, 2.75) is 6.92 Å². The fourth-order valence-electron chi connectivity index (χ4n) is 1.46. The summed E-state index contributed by atoms with van der Waals surface area (Å²) in [5.74, 6) is 0.000417. The average molecular weight is 210 g/mol. The molecule has 0 unspecified atom stereocenters. The Balaban J connectivity index is 2.65. The van der Waals surface area contributed by atoms with E-state index in [-0.39, 0.29) is 12.5 Å². The first kappa shape index (κ1) is 11.9. The summed E-state index contributed by atoms with van der Waals surface area (Å²) in [7, 11) is 0. The standard InChI is InChI=1S/C11H18N2O2/c1-3-4-13(5-6-14)11(15)9(2)10-7-12-8-10/h3,12,14H,1,4-8H2,2H3. The summed E-state index contributed by atoms with van der Waals surface area (Å²) in [6.07, 6.45) is 1.67. The normalized spacial score (nSPS) is 14.4. The maximum Gasteiger partial charge on any atom is 0.249 e. The van der Waals surface area contributed by atoms with E-state index in [9.17, 15) is 4.79 Å². The largest absolute Gasteiger partial charge is 0.395 e. The second kappa shape index (κ2) is 5.68. The number of carbonyl (C=O) groups excluding carboxylic acids is 1. The molecule has 0 aromatic heterocycles. The third-order valence-electron chi connectivity index (χ3n) is 2.53. The van der Waals surface area contributed by atoms with Gasteiger partial charge in [0.2, 0.25) is 5.91 Å². The van der Waals surface area contributed by atoms with E-state index in [1.54, 1.807) is 11.0 Å². The number of rotatable bonds is 5. The van der Waals surface area contributed by atoms with Crippen LogP contribution >= 0.6 is 0 Å². The molecule has 0 aromatic carbocycles. The molecule has 0 spiro atoms. The maximum absolute atomic E-state index is 11.9. The first-order valence-electron chi connectivity index (χ1n) is 5.11. The molecule has 1 aliphatic rings. The Kier molecular flexibility index (Phi) is 4.52. The molecule has 1 fully saturated rings. The van der Waals surface area contributed by atoms with Crippen LogP contribution in [0.15, 0.2) is 23.8 Å². The van der Waals surface area contributed by atoms with Gasteiger partial charge in [0.25, 0.3) is 0 Å². The molecule has 2 N–H and O–H groups in total. The van der Waals surface area contributed by atoms with E-state index in [0.29, 0.717) is 13.1 Å². The Morgan fingerprint density at radius 2 is 2.33 bits per heavy atom. The lowest BCUT2D eigenvalue weighted by Crippen LogP contribution is -2.40. The molecule has 1 rings (SSSR count). The smallest absolute Gasteiger partial charge is 0.249 e. The fraction of sp³-hybridized carbons (Fsp3) is 0.545. The SMILES string of the molecule is C=CCN(CCO)C(=O)C(C)=C1CNC1. The predicted molar refractivity (Wildman–Crippen MR) is 59.4 cm³/mol. The van der Waals surface area contributed by atoms with E-state index in [1.807, 2.05) is 6.92 Å². The van der Waals surface area contributed by atoms with Crippen LogP contribution in [0.4, 0.5) is 0 Å². The number of hydrogen-bond acceptors (Lipinski definition) is 3. The molecule has 1 amide bonds. The zero-order chi connectivity index (χ0) is 11.3.